The summed E-state index contributed by atoms with van der Waals surface area (Å²) in [6.07, 6.45) is 1.44. The van der Waals surface area contributed by atoms with E-state index in [1.807, 2.05) is 18.2 Å². The molecule has 12 heteroatoms. The van der Waals surface area contributed by atoms with Crippen LogP contribution in [0.3, 0.4) is 0 Å². The smallest absolute Gasteiger partial charge is 0.308 e. The van der Waals surface area contributed by atoms with Crippen LogP contribution in [0.15, 0.2) is 56.2 Å². The highest BCUT2D eigenvalue weighted by Gasteiger charge is 2.16. The third kappa shape index (κ3) is 7.75. The van der Waals surface area contributed by atoms with E-state index in [2.05, 4.69) is 32.9 Å². The first-order chi connectivity index (χ1) is 16.5. The standard InChI is InChI=1S/C22H22N4O5S3/c1-14(27)31-20-17(29-2)9-16(10-18(20)30-3)11-23-24-19(28)13-33-22-26-25-21(34-22)32-12-15-7-5-4-6-8-15/h4-11H,12-13H2,1-3H3,(H,24,28)/b23-11-. The Morgan fingerprint density at radius 3 is 2.32 bits per heavy atom. The highest BCUT2D eigenvalue weighted by molar-refractivity contribution is 8.03. The molecule has 1 heterocycles. The van der Waals surface area contributed by atoms with Crippen molar-refractivity contribution in [2.45, 2.75) is 21.4 Å². The predicted molar refractivity (Wildman–Crippen MR) is 133 cm³/mol. The number of methoxy groups -OCH3 is 2. The topological polar surface area (TPSA) is 112 Å². The number of hydrogen-bond donors (Lipinski definition) is 1. The van der Waals surface area contributed by atoms with Gasteiger partial charge in [0.1, 0.15) is 0 Å². The Hall–Kier alpha value is -3.09. The number of amides is 1. The first kappa shape index (κ1) is 25.5. The Balaban J connectivity index is 1.50. The molecule has 0 atom stereocenters. The van der Waals surface area contributed by atoms with Gasteiger partial charge in [-0.05, 0) is 17.7 Å². The molecule has 0 saturated carbocycles. The second-order valence-electron chi connectivity index (χ2n) is 6.54. The van der Waals surface area contributed by atoms with Gasteiger partial charge in [0.05, 0.1) is 26.2 Å². The quantitative estimate of drug-likeness (QED) is 0.132. The Morgan fingerprint density at radius 2 is 1.71 bits per heavy atom. The molecule has 1 amide bonds. The van der Waals surface area contributed by atoms with Crippen molar-refractivity contribution >= 4 is 53.0 Å². The number of nitrogens with zero attached hydrogens (tertiary/aromatic N) is 3. The van der Waals surface area contributed by atoms with E-state index < -0.39 is 5.97 Å². The number of thioether (sulfide) groups is 2. The third-order valence-electron chi connectivity index (χ3n) is 4.05. The molecular formula is C22H22N4O5S3. The molecule has 0 radical (unpaired) electrons. The van der Waals surface area contributed by atoms with Crippen molar-refractivity contribution in [3.63, 3.8) is 0 Å². The largest absolute Gasteiger partial charge is 0.493 e. The number of benzene rings is 2. The van der Waals surface area contributed by atoms with Gasteiger partial charge in [-0.2, -0.15) is 5.10 Å². The zero-order valence-corrected chi connectivity index (χ0v) is 21.1. The van der Waals surface area contributed by atoms with Crippen LogP contribution in [0.2, 0.25) is 0 Å². The second-order valence-corrected chi connectivity index (χ2v) is 9.96. The van der Waals surface area contributed by atoms with Crippen molar-refractivity contribution < 1.29 is 23.8 Å². The molecule has 1 N–H and O–H groups in total. The van der Waals surface area contributed by atoms with Gasteiger partial charge >= 0.3 is 5.97 Å². The molecule has 3 aromatic rings. The lowest BCUT2D eigenvalue weighted by atomic mass is 10.2. The highest BCUT2D eigenvalue weighted by Crippen LogP contribution is 2.38. The Morgan fingerprint density at radius 1 is 1.06 bits per heavy atom. The van der Waals surface area contributed by atoms with E-state index in [4.69, 9.17) is 14.2 Å². The summed E-state index contributed by atoms with van der Waals surface area (Å²) in [7, 11) is 2.89. The summed E-state index contributed by atoms with van der Waals surface area (Å²) in [6.45, 7) is 1.29. The van der Waals surface area contributed by atoms with Crippen LogP contribution in [0, 0.1) is 0 Å². The molecule has 34 heavy (non-hydrogen) atoms. The molecule has 0 aliphatic carbocycles. The number of hydrogen-bond acceptors (Lipinski definition) is 11. The number of nitrogens with one attached hydrogen (secondary N) is 1. The van der Waals surface area contributed by atoms with Gasteiger partial charge in [0.2, 0.25) is 5.75 Å². The minimum atomic E-state index is -0.500. The molecule has 0 unspecified atom stereocenters. The molecule has 0 aliphatic rings. The Bertz CT molecular complexity index is 1130. The van der Waals surface area contributed by atoms with Crippen molar-refractivity contribution in [3.8, 4) is 17.2 Å². The number of aromatic nitrogens is 2. The van der Waals surface area contributed by atoms with Crippen LogP contribution in [0.5, 0.6) is 17.2 Å². The normalized spacial score (nSPS) is 10.8. The van der Waals surface area contributed by atoms with Gasteiger partial charge in [-0.3, -0.25) is 9.59 Å². The van der Waals surface area contributed by atoms with E-state index in [1.54, 1.807) is 23.9 Å². The first-order valence-electron chi connectivity index (χ1n) is 9.88. The number of carbonyl (C=O) groups excluding carboxylic acids is 2. The van der Waals surface area contributed by atoms with Gasteiger partial charge < -0.3 is 14.2 Å². The van der Waals surface area contributed by atoms with Crippen LogP contribution in [0.25, 0.3) is 0 Å². The van der Waals surface area contributed by atoms with Crippen LogP contribution in [-0.2, 0) is 15.3 Å². The minimum absolute atomic E-state index is 0.146. The van der Waals surface area contributed by atoms with Crippen molar-refractivity contribution in [1.82, 2.24) is 15.6 Å². The van der Waals surface area contributed by atoms with Crippen LogP contribution in [-0.4, -0.2) is 48.3 Å². The van der Waals surface area contributed by atoms with Crippen molar-refractivity contribution in [2.75, 3.05) is 20.0 Å². The SMILES string of the molecule is COc1cc(/C=N\NC(=O)CSc2nnc(SCc3ccccc3)s2)cc(OC)c1OC(C)=O. The average Bonchev–Trinajstić information content (AvgIpc) is 3.30. The molecule has 178 valence electrons. The fourth-order valence-corrected chi connectivity index (χ4v) is 5.36. The summed E-state index contributed by atoms with van der Waals surface area (Å²) in [4.78, 5) is 23.5. The summed E-state index contributed by atoms with van der Waals surface area (Å²) in [5.41, 5.74) is 4.27. The van der Waals surface area contributed by atoms with Gasteiger partial charge in [-0.1, -0.05) is 65.2 Å². The Labute approximate surface area is 209 Å². The maximum atomic E-state index is 12.1. The zero-order chi connectivity index (χ0) is 24.3. The van der Waals surface area contributed by atoms with E-state index in [0.717, 1.165) is 10.1 Å². The minimum Gasteiger partial charge on any atom is -0.493 e. The lowest BCUT2D eigenvalue weighted by Crippen LogP contribution is -2.19. The van der Waals surface area contributed by atoms with E-state index in [9.17, 15) is 9.59 Å². The highest BCUT2D eigenvalue weighted by atomic mass is 32.2. The van der Waals surface area contributed by atoms with Crippen LogP contribution < -0.4 is 19.6 Å². The van der Waals surface area contributed by atoms with Gasteiger partial charge in [0.15, 0.2) is 20.2 Å². The van der Waals surface area contributed by atoms with E-state index in [0.29, 0.717) is 21.4 Å². The molecule has 0 fully saturated rings. The zero-order valence-electron chi connectivity index (χ0n) is 18.6. The molecule has 2 aromatic carbocycles. The lowest BCUT2D eigenvalue weighted by molar-refractivity contribution is -0.132. The van der Waals surface area contributed by atoms with Gasteiger partial charge in [-0.15, -0.1) is 10.2 Å². The summed E-state index contributed by atoms with van der Waals surface area (Å²) < 4.78 is 17.2. The summed E-state index contributed by atoms with van der Waals surface area (Å²) in [5.74, 6) is 0.948. The van der Waals surface area contributed by atoms with Crippen molar-refractivity contribution in [1.29, 1.82) is 0 Å². The van der Waals surface area contributed by atoms with E-state index in [1.165, 1.54) is 56.0 Å². The molecule has 0 spiro atoms. The van der Waals surface area contributed by atoms with E-state index in [-0.39, 0.29) is 17.4 Å². The monoisotopic (exact) mass is 518 g/mol. The number of hydrazone groups is 1. The van der Waals surface area contributed by atoms with E-state index >= 15 is 0 Å². The van der Waals surface area contributed by atoms with Gasteiger partial charge in [-0.25, -0.2) is 5.43 Å². The number of rotatable bonds is 11. The number of esters is 1. The molecule has 1 aromatic heterocycles. The van der Waals surface area contributed by atoms with Crippen molar-refractivity contribution in [2.24, 2.45) is 5.10 Å². The Kier molecular flexibility index (Phi) is 9.74. The van der Waals surface area contributed by atoms with Crippen LogP contribution >= 0.6 is 34.9 Å². The summed E-state index contributed by atoms with van der Waals surface area (Å²) >= 11 is 4.35. The summed E-state index contributed by atoms with van der Waals surface area (Å²) in [5, 5.41) is 12.3. The maximum absolute atomic E-state index is 12.1. The molecule has 0 bridgehead atoms. The molecular weight excluding hydrogens is 496 g/mol. The fourth-order valence-electron chi connectivity index (χ4n) is 2.59. The molecule has 0 aliphatic heterocycles. The van der Waals surface area contributed by atoms with Crippen molar-refractivity contribution in [3.05, 3.63) is 53.6 Å². The predicted octanol–water partition coefficient (Wildman–Crippen LogP) is 4.02. The van der Waals surface area contributed by atoms with Crippen LogP contribution in [0.1, 0.15) is 18.1 Å². The average molecular weight is 519 g/mol. The first-order valence-corrected chi connectivity index (χ1v) is 12.7. The third-order valence-corrected chi connectivity index (χ3v) is 7.31. The number of ether oxygens (including phenoxy) is 3. The fraction of sp³-hybridized carbons (Fsp3) is 0.227. The van der Waals surface area contributed by atoms with Crippen LogP contribution in [0.4, 0.5) is 0 Å². The lowest BCUT2D eigenvalue weighted by Gasteiger charge is -2.13. The maximum Gasteiger partial charge on any atom is 0.308 e. The number of carbonyl (C=O) groups is 2. The molecule has 9 nitrogen and oxygen atoms in total. The van der Waals surface area contributed by atoms with Gasteiger partial charge in [0, 0.05) is 18.2 Å². The second kappa shape index (κ2) is 13.0. The summed E-state index contributed by atoms with van der Waals surface area (Å²) in [6, 6.07) is 13.3. The molecule has 0 saturated heterocycles. The van der Waals surface area contributed by atoms with Gasteiger partial charge in [0.25, 0.3) is 5.91 Å². The molecule has 3 rings (SSSR count).